The number of rotatable bonds is 6. The number of anilines is 2. The monoisotopic (exact) mass is 439 g/mol. The quantitative estimate of drug-likeness (QED) is 0.544. The highest BCUT2D eigenvalue weighted by Gasteiger charge is 2.28. The van der Waals surface area contributed by atoms with Gasteiger partial charge in [0.25, 0.3) is 0 Å². The molecule has 4 rings (SSSR count). The van der Waals surface area contributed by atoms with Gasteiger partial charge in [-0.1, -0.05) is 6.07 Å². The van der Waals surface area contributed by atoms with Gasteiger partial charge in [-0.05, 0) is 31.4 Å². The Morgan fingerprint density at radius 1 is 1.28 bits per heavy atom. The molecule has 172 valence electrons. The van der Waals surface area contributed by atoms with Crippen LogP contribution in [0, 0.1) is 5.92 Å². The van der Waals surface area contributed by atoms with E-state index in [0.29, 0.717) is 19.0 Å². The zero-order valence-electron chi connectivity index (χ0n) is 19.2. The van der Waals surface area contributed by atoms with Crippen LogP contribution in [0.4, 0.5) is 11.4 Å². The lowest BCUT2D eigenvalue weighted by molar-refractivity contribution is -0.120. The number of methoxy groups -OCH3 is 1. The number of guanidine groups is 1. The van der Waals surface area contributed by atoms with E-state index in [1.54, 1.807) is 22.9 Å². The first kappa shape index (κ1) is 22.0. The fraction of sp³-hybridized carbons (Fsp3) is 0.522. The van der Waals surface area contributed by atoms with Crippen molar-refractivity contribution in [1.82, 2.24) is 20.0 Å². The first-order chi connectivity index (χ1) is 15.6. The molecule has 9 heteroatoms. The number of carbonyl (C=O) groups excluding carboxylic acids is 1. The Labute approximate surface area is 189 Å². The Bertz CT molecular complexity index is 957. The van der Waals surface area contributed by atoms with E-state index in [-0.39, 0.29) is 5.91 Å². The second kappa shape index (κ2) is 9.93. The van der Waals surface area contributed by atoms with Gasteiger partial charge in [-0.25, -0.2) is 0 Å². The summed E-state index contributed by atoms with van der Waals surface area (Å²) in [6.07, 6.45) is 4.72. The van der Waals surface area contributed by atoms with E-state index in [2.05, 4.69) is 39.3 Å². The number of piperazine rings is 1. The van der Waals surface area contributed by atoms with Crippen LogP contribution in [0.2, 0.25) is 0 Å². The normalized spacial score (nSPS) is 19.6. The number of hydrogen-bond acceptors (Lipinski definition) is 5. The van der Waals surface area contributed by atoms with Gasteiger partial charge in [0.05, 0.1) is 19.0 Å². The molecule has 1 unspecified atom stereocenters. The minimum Gasteiger partial charge on any atom is -0.497 e. The maximum absolute atomic E-state index is 12.8. The van der Waals surface area contributed by atoms with Crippen molar-refractivity contribution in [3.8, 4) is 5.75 Å². The molecule has 0 saturated carbocycles. The smallest absolute Gasteiger partial charge is 0.246 e. The van der Waals surface area contributed by atoms with Crippen LogP contribution in [0.25, 0.3) is 0 Å². The molecule has 2 saturated heterocycles. The summed E-state index contributed by atoms with van der Waals surface area (Å²) in [5.74, 6) is 2.27. The summed E-state index contributed by atoms with van der Waals surface area (Å²) in [4.78, 5) is 24.0. The number of aliphatic imine (C=N–C) groups is 1. The minimum atomic E-state index is 0.0694. The predicted molar refractivity (Wildman–Crippen MR) is 126 cm³/mol. The Balaban J connectivity index is 1.36. The van der Waals surface area contributed by atoms with E-state index in [1.165, 1.54) is 5.69 Å². The van der Waals surface area contributed by atoms with E-state index in [1.807, 2.05) is 25.4 Å². The molecular formula is C23H33N7O2. The largest absolute Gasteiger partial charge is 0.497 e. The molecule has 3 heterocycles. The molecule has 1 aromatic carbocycles. The van der Waals surface area contributed by atoms with E-state index >= 15 is 0 Å². The molecule has 1 amide bonds. The topological polar surface area (TPSA) is 78.2 Å². The van der Waals surface area contributed by atoms with Crippen LogP contribution in [-0.4, -0.2) is 79.5 Å². The molecule has 0 spiro atoms. The maximum atomic E-state index is 12.8. The first-order valence-corrected chi connectivity index (χ1v) is 11.3. The average Bonchev–Trinajstić information content (AvgIpc) is 3.46. The highest BCUT2D eigenvalue weighted by atomic mass is 16.5. The number of ether oxygens (including phenoxy) is 1. The Morgan fingerprint density at radius 3 is 2.88 bits per heavy atom. The number of aryl methyl sites for hydroxylation is 1. The predicted octanol–water partition coefficient (Wildman–Crippen LogP) is 1.57. The minimum absolute atomic E-state index is 0.0694. The number of nitrogens with one attached hydrogen (secondary N) is 1. The molecule has 0 radical (unpaired) electrons. The lowest BCUT2D eigenvalue weighted by atomic mass is 10.1. The first-order valence-electron chi connectivity index (χ1n) is 11.3. The summed E-state index contributed by atoms with van der Waals surface area (Å²) in [6, 6.07) is 8.22. The molecule has 2 aromatic rings. The molecule has 9 nitrogen and oxygen atoms in total. The SMILES string of the molecule is CCNC(=NCC1CCN(c2cccc(OC)c2)C1)N1CCN(c2cnn(C)c2)C(=O)C1. The molecule has 0 bridgehead atoms. The van der Waals surface area contributed by atoms with E-state index in [9.17, 15) is 4.79 Å². The van der Waals surface area contributed by atoms with Gasteiger partial charge in [-0.2, -0.15) is 5.10 Å². The number of benzene rings is 1. The summed E-state index contributed by atoms with van der Waals surface area (Å²) in [5, 5.41) is 7.56. The van der Waals surface area contributed by atoms with Crippen LogP contribution in [0.3, 0.4) is 0 Å². The van der Waals surface area contributed by atoms with Crippen molar-refractivity contribution in [3.63, 3.8) is 0 Å². The number of aromatic nitrogens is 2. The zero-order chi connectivity index (χ0) is 22.5. The highest BCUT2D eigenvalue weighted by molar-refractivity contribution is 5.98. The second-order valence-corrected chi connectivity index (χ2v) is 8.34. The third-order valence-electron chi connectivity index (χ3n) is 6.06. The number of amides is 1. The third-order valence-corrected chi connectivity index (χ3v) is 6.06. The lowest BCUT2D eigenvalue weighted by Gasteiger charge is -2.35. The van der Waals surface area contributed by atoms with Gasteiger partial charge in [-0.3, -0.25) is 14.5 Å². The summed E-state index contributed by atoms with van der Waals surface area (Å²) < 4.78 is 7.08. The average molecular weight is 440 g/mol. The van der Waals surface area contributed by atoms with Crippen molar-refractivity contribution in [3.05, 3.63) is 36.7 Å². The molecular weight excluding hydrogens is 406 g/mol. The molecule has 1 aromatic heterocycles. The van der Waals surface area contributed by atoms with Gasteiger partial charge in [0.1, 0.15) is 12.3 Å². The van der Waals surface area contributed by atoms with Crippen molar-refractivity contribution in [1.29, 1.82) is 0 Å². The zero-order valence-corrected chi connectivity index (χ0v) is 19.2. The molecule has 1 N–H and O–H groups in total. The van der Waals surface area contributed by atoms with Crippen molar-refractivity contribution in [2.45, 2.75) is 13.3 Å². The summed E-state index contributed by atoms with van der Waals surface area (Å²) >= 11 is 0. The van der Waals surface area contributed by atoms with Gasteiger partial charge in [-0.15, -0.1) is 0 Å². The van der Waals surface area contributed by atoms with Gasteiger partial charge < -0.3 is 24.8 Å². The Morgan fingerprint density at radius 2 is 2.16 bits per heavy atom. The van der Waals surface area contributed by atoms with E-state index in [4.69, 9.17) is 9.73 Å². The highest BCUT2D eigenvalue weighted by Crippen LogP contribution is 2.27. The molecule has 1 atom stereocenters. The van der Waals surface area contributed by atoms with Crippen LogP contribution in [0.15, 0.2) is 41.7 Å². The van der Waals surface area contributed by atoms with E-state index in [0.717, 1.165) is 56.5 Å². The Kier molecular flexibility index (Phi) is 6.82. The van der Waals surface area contributed by atoms with Crippen molar-refractivity contribution >= 4 is 23.2 Å². The number of carbonyl (C=O) groups is 1. The van der Waals surface area contributed by atoms with Crippen molar-refractivity contribution in [2.75, 3.05) is 62.7 Å². The van der Waals surface area contributed by atoms with Crippen LogP contribution in [0.5, 0.6) is 5.75 Å². The van der Waals surface area contributed by atoms with Gasteiger partial charge in [0.15, 0.2) is 5.96 Å². The second-order valence-electron chi connectivity index (χ2n) is 8.34. The van der Waals surface area contributed by atoms with Gasteiger partial charge >= 0.3 is 0 Å². The fourth-order valence-electron chi connectivity index (χ4n) is 4.34. The van der Waals surface area contributed by atoms with Crippen molar-refractivity contribution in [2.24, 2.45) is 18.0 Å². The van der Waals surface area contributed by atoms with Crippen molar-refractivity contribution < 1.29 is 9.53 Å². The number of nitrogens with zero attached hydrogens (tertiary/aromatic N) is 6. The summed E-state index contributed by atoms with van der Waals surface area (Å²) in [5.41, 5.74) is 2.04. The molecule has 32 heavy (non-hydrogen) atoms. The Hall–Kier alpha value is -3.23. The maximum Gasteiger partial charge on any atom is 0.246 e. The number of hydrogen-bond donors (Lipinski definition) is 1. The lowest BCUT2D eigenvalue weighted by Crippen LogP contribution is -2.55. The molecule has 0 aliphatic carbocycles. The van der Waals surface area contributed by atoms with Crippen LogP contribution in [-0.2, 0) is 11.8 Å². The fourth-order valence-corrected chi connectivity index (χ4v) is 4.34. The molecule has 2 fully saturated rings. The van der Waals surface area contributed by atoms with Crippen LogP contribution >= 0.6 is 0 Å². The standard InChI is InChI=1S/C23H33N7O2/c1-4-24-23(29-10-11-30(22(31)17-29)20-14-26-27(2)16-20)25-13-18-8-9-28(15-18)19-6-5-7-21(12-19)32-3/h5-7,12,14,16,18H,4,8-11,13,15,17H2,1-3H3,(H,24,25). The summed E-state index contributed by atoms with van der Waals surface area (Å²) in [7, 11) is 3.56. The molecule has 2 aliphatic rings. The molecule has 2 aliphatic heterocycles. The van der Waals surface area contributed by atoms with Crippen LogP contribution < -0.4 is 19.9 Å². The summed E-state index contributed by atoms with van der Waals surface area (Å²) in [6.45, 7) is 7.27. The van der Waals surface area contributed by atoms with E-state index < -0.39 is 0 Å². The van der Waals surface area contributed by atoms with Crippen LogP contribution in [0.1, 0.15) is 13.3 Å². The van der Waals surface area contributed by atoms with Gasteiger partial charge in [0, 0.05) is 64.3 Å². The van der Waals surface area contributed by atoms with Gasteiger partial charge in [0.2, 0.25) is 5.91 Å². The third kappa shape index (κ3) is 4.98.